The zero-order valence-corrected chi connectivity index (χ0v) is 15.9. The lowest BCUT2D eigenvalue weighted by Crippen LogP contribution is -2.50. The third-order valence-electron chi connectivity index (χ3n) is 6.22. The minimum atomic E-state index is 0.523. The van der Waals surface area contributed by atoms with Crippen LogP contribution in [0.5, 0.6) is 0 Å². The molecular weight excluding hydrogens is 270 g/mol. The number of likely N-dealkylation sites (tertiary alicyclic amines) is 2. The van der Waals surface area contributed by atoms with Gasteiger partial charge in [0, 0.05) is 24.7 Å². The van der Waals surface area contributed by atoms with Crippen molar-refractivity contribution >= 4 is 0 Å². The van der Waals surface area contributed by atoms with E-state index in [4.69, 9.17) is 0 Å². The Labute approximate surface area is 139 Å². The first-order valence-corrected chi connectivity index (χ1v) is 9.49. The molecule has 2 heterocycles. The minimum absolute atomic E-state index is 0.523. The first-order valence-electron chi connectivity index (χ1n) is 9.49. The predicted molar refractivity (Wildman–Crippen MR) is 96.4 cm³/mol. The van der Waals surface area contributed by atoms with Crippen molar-refractivity contribution in [1.82, 2.24) is 14.7 Å². The molecule has 0 bridgehead atoms. The zero-order chi connectivity index (χ0) is 16.3. The van der Waals surface area contributed by atoms with Crippen LogP contribution in [0.2, 0.25) is 0 Å². The third-order valence-corrected chi connectivity index (χ3v) is 6.22. The van der Waals surface area contributed by atoms with Crippen LogP contribution >= 0.6 is 0 Å². The SMILES string of the molecule is CC(C)N1CCC(N(C)CC2(C)CCN(C(C)C)CC2)CC1. The number of piperidine rings is 2. The Bertz CT molecular complexity index is 324. The summed E-state index contributed by atoms with van der Waals surface area (Å²) in [5, 5.41) is 0. The van der Waals surface area contributed by atoms with Crippen molar-refractivity contribution in [2.75, 3.05) is 39.8 Å². The van der Waals surface area contributed by atoms with E-state index in [2.05, 4.69) is 56.4 Å². The lowest BCUT2D eigenvalue weighted by molar-refractivity contribution is 0.0381. The molecular formula is C19H39N3. The van der Waals surface area contributed by atoms with Gasteiger partial charge < -0.3 is 14.7 Å². The second-order valence-electron chi connectivity index (χ2n) is 8.72. The number of hydrogen-bond donors (Lipinski definition) is 0. The van der Waals surface area contributed by atoms with Gasteiger partial charge in [-0.05, 0) is 92.0 Å². The molecule has 0 atom stereocenters. The van der Waals surface area contributed by atoms with Gasteiger partial charge in [-0.25, -0.2) is 0 Å². The summed E-state index contributed by atoms with van der Waals surface area (Å²) in [5.74, 6) is 0. The number of rotatable bonds is 5. The molecule has 2 aliphatic heterocycles. The molecule has 0 aliphatic carbocycles. The summed E-state index contributed by atoms with van der Waals surface area (Å²) in [7, 11) is 2.37. The van der Waals surface area contributed by atoms with Gasteiger partial charge >= 0.3 is 0 Å². The van der Waals surface area contributed by atoms with E-state index in [0.29, 0.717) is 17.5 Å². The Balaban J connectivity index is 1.79. The van der Waals surface area contributed by atoms with Crippen molar-refractivity contribution in [3.8, 4) is 0 Å². The maximum Gasteiger partial charge on any atom is 0.0117 e. The number of hydrogen-bond acceptors (Lipinski definition) is 3. The van der Waals surface area contributed by atoms with Gasteiger partial charge in [-0.15, -0.1) is 0 Å². The Kier molecular flexibility index (Phi) is 6.32. The van der Waals surface area contributed by atoms with Crippen LogP contribution < -0.4 is 0 Å². The molecule has 0 saturated carbocycles. The molecule has 0 unspecified atom stereocenters. The first-order chi connectivity index (χ1) is 10.3. The van der Waals surface area contributed by atoms with Crippen molar-refractivity contribution < 1.29 is 0 Å². The molecule has 130 valence electrons. The topological polar surface area (TPSA) is 9.72 Å². The fourth-order valence-corrected chi connectivity index (χ4v) is 4.31. The molecule has 2 fully saturated rings. The molecule has 2 rings (SSSR count). The van der Waals surface area contributed by atoms with Gasteiger partial charge in [0.25, 0.3) is 0 Å². The molecule has 0 amide bonds. The van der Waals surface area contributed by atoms with Crippen molar-refractivity contribution in [1.29, 1.82) is 0 Å². The molecule has 2 saturated heterocycles. The standard InChI is InChI=1S/C19H39N3/c1-16(2)21-11-7-18(8-12-21)20(6)15-19(5)9-13-22(14-10-19)17(3)4/h16-18H,7-15H2,1-6H3. The predicted octanol–water partition coefficient (Wildman–Crippen LogP) is 3.30. The fraction of sp³-hybridized carbons (Fsp3) is 1.00. The second-order valence-corrected chi connectivity index (χ2v) is 8.72. The average Bonchev–Trinajstić information content (AvgIpc) is 2.47. The van der Waals surface area contributed by atoms with Gasteiger partial charge in [0.1, 0.15) is 0 Å². The van der Waals surface area contributed by atoms with Crippen LogP contribution in [0.4, 0.5) is 0 Å². The van der Waals surface area contributed by atoms with E-state index in [-0.39, 0.29) is 0 Å². The second kappa shape index (κ2) is 7.63. The molecule has 22 heavy (non-hydrogen) atoms. The Morgan fingerprint density at radius 2 is 1.36 bits per heavy atom. The molecule has 0 aromatic carbocycles. The van der Waals surface area contributed by atoms with Crippen LogP contribution in [0.25, 0.3) is 0 Å². The highest BCUT2D eigenvalue weighted by molar-refractivity contribution is 4.88. The van der Waals surface area contributed by atoms with E-state index >= 15 is 0 Å². The molecule has 0 radical (unpaired) electrons. The Morgan fingerprint density at radius 3 is 1.82 bits per heavy atom. The first kappa shape index (κ1) is 18.2. The van der Waals surface area contributed by atoms with Crippen molar-refractivity contribution in [2.45, 2.75) is 78.4 Å². The van der Waals surface area contributed by atoms with E-state index in [1.165, 1.54) is 58.4 Å². The number of nitrogens with zero attached hydrogens (tertiary/aromatic N) is 3. The summed E-state index contributed by atoms with van der Waals surface area (Å²) in [6, 6.07) is 2.22. The van der Waals surface area contributed by atoms with Crippen LogP contribution in [0.15, 0.2) is 0 Å². The summed E-state index contributed by atoms with van der Waals surface area (Å²) in [4.78, 5) is 7.96. The van der Waals surface area contributed by atoms with Crippen molar-refractivity contribution in [3.63, 3.8) is 0 Å². The summed E-state index contributed by atoms with van der Waals surface area (Å²) < 4.78 is 0. The Hall–Kier alpha value is -0.120. The van der Waals surface area contributed by atoms with Crippen LogP contribution in [-0.4, -0.2) is 72.6 Å². The van der Waals surface area contributed by atoms with Crippen molar-refractivity contribution in [3.05, 3.63) is 0 Å². The van der Waals surface area contributed by atoms with Crippen LogP contribution in [-0.2, 0) is 0 Å². The van der Waals surface area contributed by atoms with E-state index in [1.54, 1.807) is 0 Å². The third kappa shape index (κ3) is 4.69. The van der Waals surface area contributed by atoms with E-state index < -0.39 is 0 Å². The van der Waals surface area contributed by atoms with E-state index in [0.717, 1.165) is 6.04 Å². The smallest absolute Gasteiger partial charge is 0.0117 e. The largest absolute Gasteiger partial charge is 0.303 e. The zero-order valence-electron chi connectivity index (χ0n) is 15.9. The van der Waals surface area contributed by atoms with E-state index in [1.807, 2.05) is 0 Å². The quantitative estimate of drug-likeness (QED) is 0.771. The fourth-order valence-electron chi connectivity index (χ4n) is 4.31. The normalized spacial score (nSPS) is 25.5. The average molecular weight is 310 g/mol. The summed E-state index contributed by atoms with van der Waals surface area (Å²) in [6.07, 6.45) is 5.42. The molecule has 3 heteroatoms. The summed E-state index contributed by atoms with van der Waals surface area (Å²) >= 11 is 0. The van der Waals surface area contributed by atoms with Gasteiger partial charge in [0.2, 0.25) is 0 Å². The lowest BCUT2D eigenvalue weighted by Gasteiger charge is -2.45. The van der Waals surface area contributed by atoms with Crippen molar-refractivity contribution in [2.24, 2.45) is 5.41 Å². The highest BCUT2D eigenvalue weighted by Gasteiger charge is 2.34. The highest BCUT2D eigenvalue weighted by Crippen LogP contribution is 2.33. The molecule has 0 aromatic rings. The van der Waals surface area contributed by atoms with Gasteiger partial charge in [0.15, 0.2) is 0 Å². The maximum atomic E-state index is 2.68. The van der Waals surface area contributed by atoms with Crippen LogP contribution in [0.3, 0.4) is 0 Å². The molecule has 0 aromatic heterocycles. The molecule has 2 aliphatic rings. The molecule has 0 N–H and O–H groups in total. The summed E-state index contributed by atoms with van der Waals surface area (Å²) in [6.45, 7) is 18.3. The molecule has 3 nitrogen and oxygen atoms in total. The van der Waals surface area contributed by atoms with Gasteiger partial charge in [-0.2, -0.15) is 0 Å². The lowest BCUT2D eigenvalue weighted by atomic mass is 9.79. The molecule has 0 spiro atoms. The Morgan fingerprint density at radius 1 is 0.909 bits per heavy atom. The highest BCUT2D eigenvalue weighted by atomic mass is 15.2. The monoisotopic (exact) mass is 309 g/mol. The van der Waals surface area contributed by atoms with Crippen LogP contribution in [0.1, 0.15) is 60.3 Å². The van der Waals surface area contributed by atoms with Gasteiger partial charge in [-0.3, -0.25) is 0 Å². The summed E-state index contributed by atoms with van der Waals surface area (Å²) in [5.41, 5.74) is 0.523. The van der Waals surface area contributed by atoms with E-state index in [9.17, 15) is 0 Å². The van der Waals surface area contributed by atoms with Gasteiger partial charge in [0.05, 0.1) is 0 Å². The van der Waals surface area contributed by atoms with Crippen LogP contribution in [0, 0.1) is 5.41 Å². The maximum absolute atomic E-state index is 2.68. The minimum Gasteiger partial charge on any atom is -0.303 e. The van der Waals surface area contributed by atoms with Gasteiger partial charge in [-0.1, -0.05) is 6.92 Å².